The number of aliphatic hydroxyl groups excluding tert-OH is 1. The lowest BCUT2D eigenvalue weighted by Crippen LogP contribution is -2.22. The summed E-state index contributed by atoms with van der Waals surface area (Å²) < 4.78 is 5.59. The summed E-state index contributed by atoms with van der Waals surface area (Å²) in [6.45, 7) is 0.556. The largest absolute Gasteiger partial charge is 0.493 e. The summed E-state index contributed by atoms with van der Waals surface area (Å²) in [5, 5.41) is 10.3. The molecule has 18 heavy (non-hydrogen) atoms. The van der Waals surface area contributed by atoms with Crippen LogP contribution in [0.3, 0.4) is 0 Å². The van der Waals surface area contributed by atoms with Crippen molar-refractivity contribution in [2.75, 3.05) is 6.61 Å². The molecule has 92 valence electrons. The number of benzene rings is 1. The van der Waals surface area contributed by atoms with Crippen molar-refractivity contribution < 1.29 is 9.84 Å². The van der Waals surface area contributed by atoms with Crippen LogP contribution in [0, 0.1) is 0 Å². The second-order valence-electron chi connectivity index (χ2n) is 4.59. The fourth-order valence-electron chi connectivity index (χ4n) is 2.41. The molecule has 0 saturated carbocycles. The third kappa shape index (κ3) is 2.09. The monoisotopic (exact) mass is 241 g/mol. The second kappa shape index (κ2) is 4.78. The summed E-state index contributed by atoms with van der Waals surface area (Å²) in [6, 6.07) is 11.8. The molecule has 0 amide bonds. The zero-order chi connectivity index (χ0) is 12.4. The maximum atomic E-state index is 10.3. The molecule has 3 nitrogen and oxygen atoms in total. The van der Waals surface area contributed by atoms with E-state index in [1.54, 1.807) is 12.4 Å². The van der Waals surface area contributed by atoms with Gasteiger partial charge in [0.2, 0.25) is 0 Å². The van der Waals surface area contributed by atoms with Gasteiger partial charge in [-0.1, -0.05) is 24.3 Å². The highest BCUT2D eigenvalue weighted by atomic mass is 16.5. The van der Waals surface area contributed by atoms with E-state index < -0.39 is 6.10 Å². The fraction of sp³-hybridized carbons (Fsp3) is 0.267. The summed E-state index contributed by atoms with van der Waals surface area (Å²) in [6.07, 6.45) is 3.71. The van der Waals surface area contributed by atoms with Gasteiger partial charge in [0.1, 0.15) is 5.75 Å². The van der Waals surface area contributed by atoms with Crippen molar-refractivity contribution in [2.24, 2.45) is 0 Å². The van der Waals surface area contributed by atoms with E-state index in [0.717, 1.165) is 16.9 Å². The van der Waals surface area contributed by atoms with E-state index in [-0.39, 0.29) is 5.92 Å². The third-order valence-corrected chi connectivity index (χ3v) is 3.37. The smallest absolute Gasteiger partial charge is 0.123 e. The molecule has 1 N–H and O–H groups in total. The predicted molar refractivity (Wildman–Crippen MR) is 68.6 cm³/mol. The van der Waals surface area contributed by atoms with Crippen LogP contribution in [0.1, 0.15) is 17.0 Å². The van der Waals surface area contributed by atoms with E-state index in [0.29, 0.717) is 13.0 Å². The Morgan fingerprint density at radius 2 is 2.17 bits per heavy atom. The van der Waals surface area contributed by atoms with Crippen LogP contribution < -0.4 is 4.74 Å². The molecule has 3 rings (SSSR count). The minimum Gasteiger partial charge on any atom is -0.493 e. The van der Waals surface area contributed by atoms with Crippen LogP contribution in [0.4, 0.5) is 0 Å². The van der Waals surface area contributed by atoms with Gasteiger partial charge in [-0.15, -0.1) is 0 Å². The number of hydrogen-bond donors (Lipinski definition) is 1. The first-order chi connectivity index (χ1) is 8.84. The molecule has 2 aromatic rings. The van der Waals surface area contributed by atoms with Gasteiger partial charge in [-0.3, -0.25) is 4.98 Å². The van der Waals surface area contributed by atoms with Crippen LogP contribution in [0.15, 0.2) is 48.8 Å². The van der Waals surface area contributed by atoms with E-state index >= 15 is 0 Å². The Hall–Kier alpha value is -1.87. The number of hydrogen-bond acceptors (Lipinski definition) is 3. The van der Waals surface area contributed by atoms with Crippen molar-refractivity contribution in [3.63, 3.8) is 0 Å². The maximum Gasteiger partial charge on any atom is 0.123 e. The molecule has 0 aliphatic carbocycles. The maximum absolute atomic E-state index is 10.3. The Morgan fingerprint density at radius 3 is 3.00 bits per heavy atom. The number of pyridine rings is 1. The number of aliphatic hydroxyl groups is 1. The minimum absolute atomic E-state index is 0.0569. The highest BCUT2D eigenvalue weighted by Crippen LogP contribution is 2.36. The average molecular weight is 241 g/mol. The van der Waals surface area contributed by atoms with Crippen LogP contribution >= 0.6 is 0 Å². The summed E-state index contributed by atoms with van der Waals surface area (Å²) in [4.78, 5) is 4.07. The van der Waals surface area contributed by atoms with Crippen molar-refractivity contribution >= 4 is 0 Å². The Kier molecular flexibility index (Phi) is 2.99. The molecule has 0 radical (unpaired) electrons. The van der Waals surface area contributed by atoms with Crippen LogP contribution in [0.5, 0.6) is 5.75 Å². The van der Waals surface area contributed by atoms with Gasteiger partial charge in [-0.05, 0) is 17.7 Å². The zero-order valence-electron chi connectivity index (χ0n) is 9.99. The van der Waals surface area contributed by atoms with Gasteiger partial charge in [0.05, 0.1) is 12.7 Å². The molecule has 1 aromatic carbocycles. The summed E-state index contributed by atoms with van der Waals surface area (Å²) in [7, 11) is 0. The van der Waals surface area contributed by atoms with Gasteiger partial charge >= 0.3 is 0 Å². The van der Waals surface area contributed by atoms with Crippen molar-refractivity contribution in [3.8, 4) is 5.75 Å². The first-order valence-corrected chi connectivity index (χ1v) is 6.13. The molecule has 0 bridgehead atoms. The number of fused-ring (bicyclic) bond motifs is 1. The zero-order valence-corrected chi connectivity index (χ0v) is 9.99. The molecule has 2 atom stereocenters. The molecule has 1 aromatic heterocycles. The van der Waals surface area contributed by atoms with E-state index in [2.05, 4.69) is 4.98 Å². The second-order valence-corrected chi connectivity index (χ2v) is 4.59. The van der Waals surface area contributed by atoms with E-state index in [9.17, 15) is 5.11 Å². The quantitative estimate of drug-likeness (QED) is 0.895. The van der Waals surface area contributed by atoms with Crippen LogP contribution in [-0.4, -0.2) is 22.8 Å². The van der Waals surface area contributed by atoms with Gasteiger partial charge < -0.3 is 9.84 Å². The average Bonchev–Trinajstić information content (AvgIpc) is 2.84. The van der Waals surface area contributed by atoms with Gasteiger partial charge in [0.25, 0.3) is 0 Å². The van der Waals surface area contributed by atoms with Gasteiger partial charge in [0, 0.05) is 30.3 Å². The Balaban J connectivity index is 1.77. The first kappa shape index (κ1) is 11.2. The van der Waals surface area contributed by atoms with E-state index in [1.165, 1.54) is 0 Å². The molecule has 2 unspecified atom stereocenters. The normalized spacial score (nSPS) is 19.1. The third-order valence-electron chi connectivity index (χ3n) is 3.37. The molecule has 2 heterocycles. The standard InChI is InChI=1S/C15H15NO2/c17-14(8-11-4-3-7-16-9-11)13-10-18-15-6-2-1-5-12(13)15/h1-7,9,13-14,17H,8,10H2. The van der Waals surface area contributed by atoms with Crippen LogP contribution in [0.2, 0.25) is 0 Å². The highest BCUT2D eigenvalue weighted by molar-refractivity contribution is 5.40. The molecule has 3 heteroatoms. The molecule has 0 spiro atoms. The Bertz CT molecular complexity index is 527. The predicted octanol–water partition coefficient (Wildman–Crippen LogP) is 2.16. The Labute approximate surface area is 106 Å². The number of nitrogens with zero attached hydrogens (tertiary/aromatic N) is 1. The van der Waals surface area contributed by atoms with Crippen molar-refractivity contribution in [1.82, 2.24) is 4.98 Å². The van der Waals surface area contributed by atoms with Crippen molar-refractivity contribution in [2.45, 2.75) is 18.4 Å². The SMILES string of the molecule is OC(Cc1cccnc1)C1COc2ccccc21. The van der Waals surface area contributed by atoms with Crippen molar-refractivity contribution in [3.05, 3.63) is 59.9 Å². The molecule has 1 aliphatic heterocycles. The first-order valence-electron chi connectivity index (χ1n) is 6.13. The number of aromatic nitrogens is 1. The molecular formula is C15H15NO2. The van der Waals surface area contributed by atoms with E-state index in [4.69, 9.17) is 4.74 Å². The Morgan fingerprint density at radius 1 is 1.28 bits per heavy atom. The lowest BCUT2D eigenvalue weighted by Gasteiger charge is -2.16. The van der Waals surface area contributed by atoms with Crippen LogP contribution in [0.25, 0.3) is 0 Å². The lowest BCUT2D eigenvalue weighted by atomic mass is 9.92. The van der Waals surface area contributed by atoms with Crippen molar-refractivity contribution in [1.29, 1.82) is 0 Å². The lowest BCUT2D eigenvalue weighted by molar-refractivity contribution is 0.129. The topological polar surface area (TPSA) is 42.4 Å². The fourth-order valence-corrected chi connectivity index (χ4v) is 2.41. The summed E-state index contributed by atoms with van der Waals surface area (Å²) in [5.74, 6) is 0.953. The number of ether oxygens (including phenoxy) is 1. The molecule has 0 saturated heterocycles. The summed E-state index contributed by atoms with van der Waals surface area (Å²) >= 11 is 0. The van der Waals surface area contributed by atoms with E-state index in [1.807, 2.05) is 36.4 Å². The van der Waals surface area contributed by atoms with Gasteiger partial charge in [-0.25, -0.2) is 0 Å². The van der Waals surface area contributed by atoms with Gasteiger partial charge in [0.15, 0.2) is 0 Å². The summed E-state index contributed by atoms with van der Waals surface area (Å²) in [5.41, 5.74) is 2.16. The van der Waals surface area contributed by atoms with Gasteiger partial charge in [-0.2, -0.15) is 0 Å². The number of rotatable bonds is 3. The molecule has 1 aliphatic rings. The number of para-hydroxylation sites is 1. The molecular weight excluding hydrogens is 226 g/mol. The minimum atomic E-state index is -0.433. The molecule has 0 fully saturated rings. The highest BCUT2D eigenvalue weighted by Gasteiger charge is 2.29. The van der Waals surface area contributed by atoms with Crippen LogP contribution in [-0.2, 0) is 6.42 Å².